The topological polar surface area (TPSA) is 0 Å². The van der Waals surface area contributed by atoms with Gasteiger partial charge in [-0.15, -0.1) is 12.3 Å². The van der Waals surface area contributed by atoms with Crippen molar-refractivity contribution < 1.29 is 0 Å². The zero-order valence-electron chi connectivity index (χ0n) is 4.88. The molecule has 1 unspecified atom stereocenters. The molecule has 0 fully saturated rings. The van der Waals surface area contributed by atoms with Crippen LogP contribution >= 0.6 is 0 Å². The molecule has 0 aromatic rings. The van der Waals surface area contributed by atoms with Crippen LogP contribution in [0.15, 0.2) is 18.2 Å². The third kappa shape index (κ3) is 1.55. The molecule has 1 rings (SSSR count). The molecule has 8 heavy (non-hydrogen) atoms. The Hall–Kier alpha value is -0.481. The van der Waals surface area contributed by atoms with Crippen LogP contribution in [0.4, 0.5) is 0 Å². The molecule has 0 heterocycles. The second kappa shape index (κ2) is 3.51. The third-order valence-electron chi connectivity index (χ3n) is 1.15. The van der Waals surface area contributed by atoms with Gasteiger partial charge in [-0.25, -0.2) is 18.6 Å². The minimum absolute atomic E-state index is 0. The second-order valence-electron chi connectivity index (χ2n) is 1.71. The standard InChI is InChI=1S/C7H8.Be/c1-2-7-5-3-4-6-7;/h1-5,7H,6H2;/q-2;+2. The van der Waals surface area contributed by atoms with E-state index in [1.807, 2.05) is 6.08 Å². The smallest absolute Gasteiger partial charge is 0.519 e. The van der Waals surface area contributed by atoms with E-state index < -0.39 is 0 Å². The molecule has 0 saturated heterocycles. The first-order chi connectivity index (χ1) is 3.43. The normalized spacial score (nSPS) is 23.8. The zero-order valence-corrected chi connectivity index (χ0v) is 4.88. The van der Waals surface area contributed by atoms with E-state index in [1.165, 1.54) is 0 Å². The summed E-state index contributed by atoms with van der Waals surface area (Å²) >= 11 is 0. The minimum Gasteiger partial charge on any atom is -0.519 e. The van der Waals surface area contributed by atoms with Gasteiger partial charge in [-0.1, -0.05) is 0 Å². The van der Waals surface area contributed by atoms with Gasteiger partial charge in [-0.3, -0.25) is 6.08 Å². The molecule has 0 aromatic heterocycles. The Morgan fingerprint density at radius 2 is 2.50 bits per heavy atom. The molecule has 0 saturated carbocycles. The van der Waals surface area contributed by atoms with E-state index in [4.69, 9.17) is 6.58 Å². The molecule has 0 N–H and O–H groups in total. The van der Waals surface area contributed by atoms with E-state index in [9.17, 15) is 0 Å². The predicted octanol–water partition coefficient (Wildman–Crippen LogP) is 1.38. The summed E-state index contributed by atoms with van der Waals surface area (Å²) in [6.07, 6.45) is 9.08. The van der Waals surface area contributed by atoms with Crippen molar-refractivity contribution in [2.24, 2.45) is 5.92 Å². The summed E-state index contributed by atoms with van der Waals surface area (Å²) in [6.45, 7) is 5.24. The van der Waals surface area contributed by atoms with E-state index in [-0.39, 0.29) is 10.1 Å². The van der Waals surface area contributed by atoms with Crippen LogP contribution in [0.25, 0.3) is 0 Å². The molecule has 0 amide bonds. The van der Waals surface area contributed by atoms with Gasteiger partial charge in [0.15, 0.2) is 0 Å². The summed E-state index contributed by atoms with van der Waals surface area (Å²) < 4.78 is 0. The Bertz CT molecular complexity index is 94.6. The van der Waals surface area contributed by atoms with Gasteiger partial charge >= 0.3 is 10.1 Å². The van der Waals surface area contributed by atoms with Crippen LogP contribution in [0, 0.1) is 18.9 Å². The Labute approximate surface area is 54.5 Å². The molecule has 0 aromatic carbocycles. The van der Waals surface area contributed by atoms with Crippen molar-refractivity contribution in [2.75, 3.05) is 0 Å². The average Bonchev–Trinajstić information content (AvgIpc) is 2.14. The van der Waals surface area contributed by atoms with Gasteiger partial charge in [0.05, 0.1) is 0 Å². The monoisotopic (exact) mass is 101 g/mol. The summed E-state index contributed by atoms with van der Waals surface area (Å²) in [5, 5.41) is 0. The van der Waals surface area contributed by atoms with E-state index in [0.29, 0.717) is 5.92 Å². The number of hydrogen-bond donors (Lipinski definition) is 0. The van der Waals surface area contributed by atoms with E-state index >= 15 is 0 Å². The molecule has 1 atom stereocenters. The van der Waals surface area contributed by atoms with Crippen LogP contribution in [0.2, 0.25) is 0 Å². The molecule has 0 radical (unpaired) electrons. The molecule has 1 heteroatoms. The van der Waals surface area contributed by atoms with Gasteiger partial charge in [0.25, 0.3) is 0 Å². The number of allylic oxidation sites excluding steroid dienone is 3. The van der Waals surface area contributed by atoms with Crippen LogP contribution in [0.5, 0.6) is 0 Å². The van der Waals surface area contributed by atoms with Gasteiger partial charge in [-0.05, 0) is 0 Å². The van der Waals surface area contributed by atoms with Gasteiger partial charge in [0.1, 0.15) is 0 Å². The van der Waals surface area contributed by atoms with Crippen LogP contribution in [0.3, 0.4) is 0 Å². The summed E-state index contributed by atoms with van der Waals surface area (Å²) in [5.74, 6) is 0.514. The van der Waals surface area contributed by atoms with Crippen LogP contribution in [0.1, 0.15) is 6.42 Å². The van der Waals surface area contributed by atoms with Crippen molar-refractivity contribution in [1.82, 2.24) is 0 Å². The minimum atomic E-state index is 0. The van der Waals surface area contributed by atoms with Crippen LogP contribution < -0.4 is 0 Å². The Morgan fingerprint density at radius 1 is 1.75 bits per heavy atom. The maximum Gasteiger partial charge on any atom is 2.00 e. The van der Waals surface area contributed by atoms with E-state index in [1.54, 1.807) is 6.08 Å². The first kappa shape index (κ1) is 7.52. The SMILES string of the molecule is [Be+2].[CH-]=CC1C=C[CH-]C1. The van der Waals surface area contributed by atoms with Crippen LogP contribution in [-0.2, 0) is 0 Å². The van der Waals surface area contributed by atoms with Crippen molar-refractivity contribution in [2.45, 2.75) is 6.42 Å². The Kier molecular flexibility index (Phi) is 3.30. The zero-order chi connectivity index (χ0) is 5.11. The number of rotatable bonds is 1. The Balaban J connectivity index is 0.000000490. The van der Waals surface area contributed by atoms with Gasteiger partial charge in [0.2, 0.25) is 0 Å². The molecule has 0 spiro atoms. The number of hydrogen-bond acceptors (Lipinski definition) is 0. The fourth-order valence-electron chi connectivity index (χ4n) is 0.678. The molecule has 0 nitrogen and oxygen atoms in total. The van der Waals surface area contributed by atoms with E-state index in [0.717, 1.165) is 6.42 Å². The molecule has 1 aliphatic carbocycles. The Morgan fingerprint density at radius 3 is 2.75 bits per heavy atom. The molecule has 38 valence electrons. The predicted molar refractivity (Wildman–Crippen MR) is 36.2 cm³/mol. The van der Waals surface area contributed by atoms with Crippen molar-refractivity contribution in [3.05, 3.63) is 31.2 Å². The molecule has 0 aliphatic heterocycles. The van der Waals surface area contributed by atoms with Gasteiger partial charge in [0, 0.05) is 0 Å². The van der Waals surface area contributed by atoms with Gasteiger partial charge < -0.3 is 6.58 Å². The summed E-state index contributed by atoms with van der Waals surface area (Å²) in [4.78, 5) is 0. The molecule has 0 bridgehead atoms. The fourth-order valence-corrected chi connectivity index (χ4v) is 0.678. The summed E-state index contributed by atoms with van der Waals surface area (Å²) in [6, 6.07) is 0. The maximum atomic E-state index is 5.24. The second-order valence-corrected chi connectivity index (χ2v) is 1.71. The third-order valence-corrected chi connectivity index (χ3v) is 1.15. The summed E-state index contributed by atoms with van der Waals surface area (Å²) in [7, 11) is 0. The maximum absolute atomic E-state index is 5.24. The van der Waals surface area contributed by atoms with Crippen molar-refractivity contribution >= 4 is 10.1 Å². The molecular weight excluding hydrogens is 93.1 g/mol. The van der Waals surface area contributed by atoms with Crippen molar-refractivity contribution in [3.8, 4) is 0 Å². The largest absolute Gasteiger partial charge is 2.00 e. The fraction of sp³-hybridized carbons (Fsp3) is 0.286. The molecule has 1 aliphatic rings. The van der Waals surface area contributed by atoms with Crippen molar-refractivity contribution in [1.29, 1.82) is 0 Å². The van der Waals surface area contributed by atoms with E-state index in [2.05, 4.69) is 12.5 Å². The summed E-state index contributed by atoms with van der Waals surface area (Å²) in [5.41, 5.74) is 0. The van der Waals surface area contributed by atoms with Crippen LogP contribution in [-0.4, -0.2) is 10.1 Å². The quantitative estimate of drug-likeness (QED) is 0.346. The van der Waals surface area contributed by atoms with Gasteiger partial charge in [-0.2, -0.15) is 0 Å². The first-order valence-corrected chi connectivity index (χ1v) is 2.48. The van der Waals surface area contributed by atoms with Crippen molar-refractivity contribution in [3.63, 3.8) is 0 Å². The molecular formula is C7H8Be. The average molecular weight is 101 g/mol. The first-order valence-electron chi connectivity index (χ1n) is 2.48.